The molecule has 0 fully saturated rings. The molecule has 3 aromatic heterocycles. The van der Waals surface area contributed by atoms with Crippen molar-refractivity contribution >= 4 is 27.4 Å². The second kappa shape index (κ2) is 6.43. The largest absolute Gasteiger partial charge is 0.377 e. The Labute approximate surface area is 137 Å². The van der Waals surface area contributed by atoms with E-state index in [-0.39, 0.29) is 5.56 Å². The highest BCUT2D eigenvalue weighted by Crippen LogP contribution is 2.16. The molecule has 0 aliphatic rings. The monoisotopic (exact) mass is 331 g/mol. The van der Waals surface area contributed by atoms with Crippen molar-refractivity contribution in [1.29, 1.82) is 0 Å². The van der Waals surface area contributed by atoms with E-state index >= 15 is 0 Å². The molecule has 0 radical (unpaired) electrons. The van der Waals surface area contributed by atoms with Crippen LogP contribution in [0.4, 0.5) is 5.82 Å². The van der Waals surface area contributed by atoms with Gasteiger partial charge < -0.3 is 14.6 Å². The Morgan fingerprint density at radius 3 is 2.96 bits per heavy atom. The van der Waals surface area contributed by atoms with Gasteiger partial charge in [0, 0.05) is 25.9 Å². The minimum atomic E-state index is -0.104. The highest BCUT2D eigenvalue weighted by atomic mass is 32.1. The lowest BCUT2D eigenvalue weighted by atomic mass is 10.3. The van der Waals surface area contributed by atoms with Gasteiger partial charge in [0.2, 0.25) is 0 Å². The zero-order valence-electron chi connectivity index (χ0n) is 13.2. The van der Waals surface area contributed by atoms with Gasteiger partial charge >= 0.3 is 0 Å². The van der Waals surface area contributed by atoms with Crippen molar-refractivity contribution in [3.05, 3.63) is 45.2 Å². The van der Waals surface area contributed by atoms with Crippen molar-refractivity contribution in [2.24, 2.45) is 0 Å². The standard InChI is InChI=1S/C15H17N5O2S/c1-9-6-13(18-12(16-9)8-22-3)20(2)7-11-17-10-4-5-23-14(10)15(21)19-11/h4-6H,7-8H2,1-3H3,(H,17,19,21). The smallest absolute Gasteiger partial charge is 0.268 e. The molecular formula is C15H17N5O2S. The van der Waals surface area contributed by atoms with E-state index in [0.29, 0.717) is 29.5 Å². The molecule has 0 amide bonds. The van der Waals surface area contributed by atoms with Crippen LogP contribution in [0.3, 0.4) is 0 Å². The van der Waals surface area contributed by atoms with Crippen LogP contribution in [0.1, 0.15) is 17.3 Å². The molecule has 120 valence electrons. The van der Waals surface area contributed by atoms with E-state index in [1.54, 1.807) is 7.11 Å². The van der Waals surface area contributed by atoms with Crippen LogP contribution < -0.4 is 10.5 Å². The Hall–Kier alpha value is -2.32. The van der Waals surface area contributed by atoms with Gasteiger partial charge in [0.1, 0.15) is 22.9 Å². The molecule has 3 rings (SSSR count). The molecule has 0 spiro atoms. The van der Waals surface area contributed by atoms with Crippen LogP contribution in [-0.2, 0) is 17.9 Å². The maximum Gasteiger partial charge on any atom is 0.268 e. The lowest BCUT2D eigenvalue weighted by Crippen LogP contribution is -2.22. The predicted octanol–water partition coefficient (Wildman–Crippen LogP) is 1.87. The molecule has 3 heterocycles. The first-order chi connectivity index (χ1) is 11.1. The van der Waals surface area contributed by atoms with Gasteiger partial charge in [-0.05, 0) is 18.4 Å². The summed E-state index contributed by atoms with van der Waals surface area (Å²) in [6.07, 6.45) is 0. The van der Waals surface area contributed by atoms with Crippen LogP contribution in [0.25, 0.3) is 10.2 Å². The summed E-state index contributed by atoms with van der Waals surface area (Å²) in [5, 5.41) is 1.87. The van der Waals surface area contributed by atoms with Crippen molar-refractivity contribution < 1.29 is 4.74 Å². The van der Waals surface area contributed by atoms with Gasteiger partial charge in [-0.2, -0.15) is 0 Å². The van der Waals surface area contributed by atoms with E-state index in [2.05, 4.69) is 19.9 Å². The van der Waals surface area contributed by atoms with E-state index in [4.69, 9.17) is 4.74 Å². The van der Waals surface area contributed by atoms with E-state index in [1.165, 1.54) is 11.3 Å². The number of aryl methyl sites for hydroxylation is 1. The van der Waals surface area contributed by atoms with Gasteiger partial charge in [-0.25, -0.2) is 15.0 Å². The average molecular weight is 331 g/mol. The van der Waals surface area contributed by atoms with Crippen LogP contribution in [0.5, 0.6) is 0 Å². The molecule has 0 aliphatic carbocycles. The minimum absolute atomic E-state index is 0.104. The van der Waals surface area contributed by atoms with E-state index < -0.39 is 0 Å². The molecule has 0 unspecified atom stereocenters. The van der Waals surface area contributed by atoms with Crippen molar-refractivity contribution in [3.8, 4) is 0 Å². The van der Waals surface area contributed by atoms with Crippen molar-refractivity contribution in [2.45, 2.75) is 20.1 Å². The SMILES string of the molecule is COCc1nc(C)cc(N(C)Cc2nc3ccsc3c(=O)[nH]2)n1. The topological polar surface area (TPSA) is 84.0 Å². The summed E-state index contributed by atoms with van der Waals surface area (Å²) in [5.74, 6) is 2.00. The Kier molecular flexibility index (Phi) is 4.35. The Morgan fingerprint density at radius 1 is 1.35 bits per heavy atom. The first-order valence-electron chi connectivity index (χ1n) is 7.08. The lowest BCUT2D eigenvalue weighted by molar-refractivity contribution is 0.177. The summed E-state index contributed by atoms with van der Waals surface area (Å²) in [4.78, 5) is 30.1. The van der Waals surface area contributed by atoms with Crippen molar-refractivity contribution in [1.82, 2.24) is 19.9 Å². The molecule has 23 heavy (non-hydrogen) atoms. The number of anilines is 1. The van der Waals surface area contributed by atoms with Gasteiger partial charge in [-0.3, -0.25) is 4.79 Å². The number of nitrogens with zero attached hydrogens (tertiary/aromatic N) is 4. The van der Waals surface area contributed by atoms with Crippen molar-refractivity contribution in [2.75, 3.05) is 19.1 Å². The van der Waals surface area contributed by atoms with E-state index in [9.17, 15) is 4.79 Å². The number of H-pyrrole nitrogens is 1. The quantitative estimate of drug-likeness (QED) is 0.768. The van der Waals surface area contributed by atoms with Gasteiger partial charge in [0.05, 0.1) is 12.1 Å². The maximum atomic E-state index is 12.0. The van der Waals surface area contributed by atoms with Gasteiger partial charge in [-0.15, -0.1) is 11.3 Å². The van der Waals surface area contributed by atoms with Crippen LogP contribution in [0, 0.1) is 6.92 Å². The van der Waals surface area contributed by atoms with E-state index in [0.717, 1.165) is 17.0 Å². The normalized spacial score (nSPS) is 11.1. The molecule has 7 nitrogen and oxygen atoms in total. The van der Waals surface area contributed by atoms with Crippen molar-refractivity contribution in [3.63, 3.8) is 0 Å². The summed E-state index contributed by atoms with van der Waals surface area (Å²) in [7, 11) is 3.51. The second-order valence-electron chi connectivity index (χ2n) is 5.22. The zero-order valence-corrected chi connectivity index (χ0v) is 14.0. The number of thiophene rings is 1. The summed E-state index contributed by atoms with van der Waals surface area (Å²) in [6.45, 7) is 2.72. The summed E-state index contributed by atoms with van der Waals surface area (Å²) >= 11 is 1.39. The minimum Gasteiger partial charge on any atom is -0.377 e. The Morgan fingerprint density at radius 2 is 2.17 bits per heavy atom. The summed E-state index contributed by atoms with van der Waals surface area (Å²) in [6, 6.07) is 3.74. The van der Waals surface area contributed by atoms with Crippen LogP contribution >= 0.6 is 11.3 Å². The molecule has 0 bridgehead atoms. The summed E-state index contributed by atoms with van der Waals surface area (Å²) < 4.78 is 5.74. The number of hydrogen-bond donors (Lipinski definition) is 1. The van der Waals surface area contributed by atoms with Gasteiger partial charge in [0.15, 0.2) is 5.82 Å². The van der Waals surface area contributed by atoms with Gasteiger partial charge in [0.25, 0.3) is 5.56 Å². The number of aromatic amines is 1. The number of nitrogens with one attached hydrogen (secondary N) is 1. The van der Waals surface area contributed by atoms with Crippen LogP contribution in [-0.4, -0.2) is 34.1 Å². The van der Waals surface area contributed by atoms with E-state index in [1.807, 2.05) is 36.4 Å². The third-order valence-electron chi connectivity index (χ3n) is 3.30. The fraction of sp³-hybridized carbons (Fsp3) is 0.333. The number of fused-ring (bicyclic) bond motifs is 1. The number of methoxy groups -OCH3 is 1. The zero-order chi connectivity index (χ0) is 16.4. The highest BCUT2D eigenvalue weighted by molar-refractivity contribution is 7.17. The molecule has 0 saturated heterocycles. The third-order valence-corrected chi connectivity index (χ3v) is 4.20. The number of rotatable bonds is 5. The Bertz CT molecular complexity index is 889. The molecule has 0 aromatic carbocycles. The highest BCUT2D eigenvalue weighted by Gasteiger charge is 2.11. The lowest BCUT2D eigenvalue weighted by Gasteiger charge is -2.18. The second-order valence-corrected chi connectivity index (χ2v) is 6.14. The maximum absolute atomic E-state index is 12.0. The van der Waals surface area contributed by atoms with Crippen LogP contribution in [0.15, 0.2) is 22.3 Å². The number of ether oxygens (including phenoxy) is 1. The first-order valence-corrected chi connectivity index (χ1v) is 7.96. The third kappa shape index (κ3) is 3.38. The molecular weight excluding hydrogens is 314 g/mol. The molecule has 0 saturated carbocycles. The van der Waals surface area contributed by atoms with Gasteiger partial charge in [-0.1, -0.05) is 0 Å². The first kappa shape index (κ1) is 15.6. The predicted molar refractivity (Wildman–Crippen MR) is 89.8 cm³/mol. The summed E-state index contributed by atoms with van der Waals surface area (Å²) in [5.41, 5.74) is 1.48. The molecule has 0 aliphatic heterocycles. The fourth-order valence-electron chi connectivity index (χ4n) is 2.30. The van der Waals surface area contributed by atoms with Crippen LogP contribution in [0.2, 0.25) is 0 Å². The molecule has 8 heteroatoms. The number of aromatic nitrogens is 4. The fourth-order valence-corrected chi connectivity index (χ4v) is 3.03. The number of hydrogen-bond acceptors (Lipinski definition) is 7. The average Bonchev–Trinajstić information content (AvgIpc) is 2.96. The molecule has 3 aromatic rings. The molecule has 1 N–H and O–H groups in total. The molecule has 0 atom stereocenters. The Balaban J connectivity index is 1.88.